The molecule has 2 unspecified atom stereocenters. The number of aliphatic hydroxyl groups is 2. The lowest BCUT2D eigenvalue weighted by molar-refractivity contribution is -0.143. The van der Waals surface area contributed by atoms with Crippen LogP contribution in [0.4, 0.5) is 0 Å². The normalized spacial score (nSPS) is 12.9. The topological polar surface area (TPSA) is 95.9 Å². The number of esters is 1. The lowest BCUT2D eigenvalue weighted by Gasteiger charge is -2.22. The van der Waals surface area contributed by atoms with E-state index in [0.29, 0.717) is 25.9 Å². The Balaban J connectivity index is 3.44. The summed E-state index contributed by atoms with van der Waals surface area (Å²) in [6.45, 7) is 4.82. The van der Waals surface area contributed by atoms with Crippen molar-refractivity contribution in [1.29, 1.82) is 0 Å². The fourth-order valence-electron chi connectivity index (χ4n) is 8.59. The Labute approximate surface area is 398 Å². The molecule has 0 aliphatic rings. The number of nitrogens with one attached hydrogen (secondary N) is 1. The smallest absolute Gasteiger partial charge is 0.305 e. The molecule has 2 atom stereocenters. The first-order chi connectivity index (χ1) is 31.5. The molecule has 0 radical (unpaired) electrons. The van der Waals surface area contributed by atoms with Gasteiger partial charge in [0, 0.05) is 12.8 Å². The minimum absolute atomic E-state index is 0.0418. The van der Waals surface area contributed by atoms with Crippen LogP contribution in [-0.2, 0) is 14.3 Å². The summed E-state index contributed by atoms with van der Waals surface area (Å²) in [5.41, 5.74) is 0. The molecule has 0 aromatic heterocycles. The second kappa shape index (κ2) is 53.7. The highest BCUT2D eigenvalue weighted by Crippen LogP contribution is 2.16. The maximum Gasteiger partial charge on any atom is 0.305 e. The first-order valence-corrected chi connectivity index (χ1v) is 28.2. The van der Waals surface area contributed by atoms with E-state index in [9.17, 15) is 19.8 Å². The SMILES string of the molecule is CCCCCCCCC/C=C\CCCCCCCC(=O)OCC/C=C\C/C=C\CCCCCCCCCCCCCCCCC(=O)NC(CO)C(O)CCCCCCCCCCCC. The van der Waals surface area contributed by atoms with E-state index in [1.807, 2.05) is 0 Å². The highest BCUT2D eigenvalue weighted by atomic mass is 16.5. The summed E-state index contributed by atoms with van der Waals surface area (Å²) >= 11 is 0. The molecule has 64 heavy (non-hydrogen) atoms. The molecule has 6 heteroatoms. The largest absolute Gasteiger partial charge is 0.465 e. The third kappa shape index (κ3) is 49.5. The molecular weight excluding hydrogens is 791 g/mol. The van der Waals surface area contributed by atoms with Crippen molar-refractivity contribution in [2.24, 2.45) is 0 Å². The zero-order chi connectivity index (χ0) is 46.5. The van der Waals surface area contributed by atoms with Crippen LogP contribution in [0.1, 0.15) is 296 Å². The minimum atomic E-state index is -0.666. The van der Waals surface area contributed by atoms with Gasteiger partial charge < -0.3 is 20.3 Å². The van der Waals surface area contributed by atoms with E-state index in [0.717, 1.165) is 51.4 Å². The molecule has 0 heterocycles. The van der Waals surface area contributed by atoms with Gasteiger partial charge in [0.25, 0.3) is 0 Å². The fourth-order valence-corrected chi connectivity index (χ4v) is 8.59. The third-order valence-electron chi connectivity index (χ3n) is 12.9. The van der Waals surface area contributed by atoms with Crippen LogP contribution < -0.4 is 5.32 Å². The van der Waals surface area contributed by atoms with Crippen molar-refractivity contribution in [2.75, 3.05) is 13.2 Å². The van der Waals surface area contributed by atoms with Crippen LogP contribution in [0.25, 0.3) is 0 Å². The van der Waals surface area contributed by atoms with Crippen LogP contribution in [0.2, 0.25) is 0 Å². The first-order valence-electron chi connectivity index (χ1n) is 28.2. The van der Waals surface area contributed by atoms with Crippen LogP contribution in [0.15, 0.2) is 36.5 Å². The van der Waals surface area contributed by atoms with Gasteiger partial charge in [-0.1, -0.05) is 249 Å². The molecule has 0 saturated carbocycles. The Hall–Kier alpha value is -1.92. The Morgan fingerprint density at radius 3 is 1.20 bits per heavy atom. The summed E-state index contributed by atoms with van der Waals surface area (Å²) in [5, 5.41) is 23.1. The Morgan fingerprint density at radius 1 is 0.438 bits per heavy atom. The van der Waals surface area contributed by atoms with Gasteiger partial charge in [-0.15, -0.1) is 0 Å². The van der Waals surface area contributed by atoms with Crippen molar-refractivity contribution < 1.29 is 24.5 Å². The van der Waals surface area contributed by atoms with Crippen LogP contribution in [0, 0.1) is 0 Å². The highest BCUT2D eigenvalue weighted by molar-refractivity contribution is 5.76. The molecule has 0 aliphatic heterocycles. The van der Waals surface area contributed by atoms with E-state index >= 15 is 0 Å². The van der Waals surface area contributed by atoms with Crippen molar-refractivity contribution in [3.63, 3.8) is 0 Å². The second-order valence-corrected chi connectivity index (χ2v) is 19.3. The molecule has 0 aromatic rings. The molecular formula is C58H109NO5. The van der Waals surface area contributed by atoms with E-state index in [4.69, 9.17) is 4.74 Å². The van der Waals surface area contributed by atoms with E-state index in [1.165, 1.54) is 212 Å². The molecule has 1 amide bonds. The predicted octanol–water partition coefficient (Wildman–Crippen LogP) is 17.2. The Kier molecular flexibility index (Phi) is 52.1. The molecule has 0 rings (SSSR count). The maximum atomic E-state index is 12.4. The first kappa shape index (κ1) is 62.1. The number of amides is 1. The number of ether oxygens (including phenoxy) is 1. The van der Waals surface area contributed by atoms with Crippen LogP contribution in [-0.4, -0.2) is 47.4 Å². The molecule has 3 N–H and O–H groups in total. The van der Waals surface area contributed by atoms with Crippen molar-refractivity contribution in [3.8, 4) is 0 Å². The van der Waals surface area contributed by atoms with E-state index in [2.05, 4.69) is 55.6 Å². The number of rotatable bonds is 52. The van der Waals surface area contributed by atoms with Gasteiger partial charge in [-0.25, -0.2) is 0 Å². The number of unbranched alkanes of at least 4 members (excludes halogenated alkanes) is 35. The van der Waals surface area contributed by atoms with Crippen molar-refractivity contribution in [2.45, 2.75) is 309 Å². The number of allylic oxidation sites excluding steroid dienone is 5. The fraction of sp³-hybridized carbons (Fsp3) is 0.862. The molecule has 6 nitrogen and oxygen atoms in total. The van der Waals surface area contributed by atoms with Crippen LogP contribution in [0.5, 0.6) is 0 Å². The lowest BCUT2D eigenvalue weighted by Crippen LogP contribution is -2.45. The highest BCUT2D eigenvalue weighted by Gasteiger charge is 2.20. The van der Waals surface area contributed by atoms with Gasteiger partial charge in [-0.2, -0.15) is 0 Å². The number of carbonyl (C=O) groups is 2. The number of carbonyl (C=O) groups excluding carboxylic acids is 2. The molecule has 0 fully saturated rings. The van der Waals surface area contributed by atoms with Gasteiger partial charge in [0.05, 0.1) is 25.4 Å². The summed E-state index contributed by atoms with van der Waals surface area (Å²) < 4.78 is 5.41. The molecule has 376 valence electrons. The molecule has 0 saturated heterocycles. The zero-order valence-electron chi connectivity index (χ0n) is 42.8. The average molecular weight is 901 g/mol. The summed E-state index contributed by atoms with van der Waals surface area (Å²) in [4.78, 5) is 24.4. The van der Waals surface area contributed by atoms with Gasteiger partial charge in [-0.05, 0) is 70.6 Å². The molecule has 0 spiro atoms. The van der Waals surface area contributed by atoms with Crippen molar-refractivity contribution >= 4 is 11.9 Å². The summed E-state index contributed by atoms with van der Waals surface area (Å²) in [6.07, 6.45) is 65.8. The van der Waals surface area contributed by atoms with Crippen LogP contribution in [0.3, 0.4) is 0 Å². The maximum absolute atomic E-state index is 12.4. The summed E-state index contributed by atoms with van der Waals surface area (Å²) in [5.74, 6) is -0.0847. The molecule has 0 bridgehead atoms. The lowest BCUT2D eigenvalue weighted by atomic mass is 10.0. The van der Waals surface area contributed by atoms with Crippen molar-refractivity contribution in [3.05, 3.63) is 36.5 Å². The number of aliphatic hydroxyl groups excluding tert-OH is 2. The van der Waals surface area contributed by atoms with Crippen LogP contribution >= 0.6 is 0 Å². The number of hydrogen-bond donors (Lipinski definition) is 3. The second-order valence-electron chi connectivity index (χ2n) is 19.3. The Bertz CT molecular complexity index is 1040. The van der Waals surface area contributed by atoms with Gasteiger partial charge in [0.1, 0.15) is 0 Å². The van der Waals surface area contributed by atoms with Gasteiger partial charge in [-0.3, -0.25) is 9.59 Å². The van der Waals surface area contributed by atoms with Crippen molar-refractivity contribution in [1.82, 2.24) is 5.32 Å². The molecule has 0 aliphatic carbocycles. The van der Waals surface area contributed by atoms with E-state index in [-0.39, 0.29) is 18.5 Å². The van der Waals surface area contributed by atoms with Gasteiger partial charge in [0.15, 0.2) is 0 Å². The summed E-state index contributed by atoms with van der Waals surface area (Å²) in [7, 11) is 0. The van der Waals surface area contributed by atoms with Gasteiger partial charge >= 0.3 is 5.97 Å². The number of hydrogen-bond acceptors (Lipinski definition) is 5. The minimum Gasteiger partial charge on any atom is -0.465 e. The zero-order valence-corrected chi connectivity index (χ0v) is 42.8. The monoisotopic (exact) mass is 900 g/mol. The predicted molar refractivity (Wildman–Crippen MR) is 278 cm³/mol. The molecule has 0 aromatic carbocycles. The van der Waals surface area contributed by atoms with E-state index < -0.39 is 12.1 Å². The third-order valence-corrected chi connectivity index (χ3v) is 12.9. The summed E-state index contributed by atoms with van der Waals surface area (Å²) in [6, 6.07) is -0.544. The average Bonchev–Trinajstić information content (AvgIpc) is 3.29. The van der Waals surface area contributed by atoms with Gasteiger partial charge in [0.2, 0.25) is 5.91 Å². The quantitative estimate of drug-likeness (QED) is 0.0321. The Morgan fingerprint density at radius 2 is 0.781 bits per heavy atom. The standard InChI is InChI=1S/C58H109NO5/c1-3-5-7-9-11-13-15-16-17-26-29-32-36-40-44-48-52-58(63)64-53-49-45-41-37-33-30-27-24-22-20-18-19-21-23-25-28-31-35-39-43-47-51-57(62)59-55(54-60)56(61)50-46-42-38-34-14-12-10-8-6-4-2/h17,26,30,33,41,45,55-56,60-61H,3-16,18-25,27-29,31-32,34-40,42-44,46-54H2,1-2H3,(H,59,62)/b26-17-,33-30-,45-41-. The van der Waals surface area contributed by atoms with E-state index in [1.54, 1.807) is 0 Å².